The smallest absolute Gasteiger partial charge is 0.325 e. The van der Waals surface area contributed by atoms with E-state index in [4.69, 9.17) is 0 Å². The largest absolute Gasteiger partial charge is 0.468 e. The predicted octanol–water partition coefficient (Wildman–Crippen LogP) is 1.23. The van der Waals surface area contributed by atoms with Gasteiger partial charge in [0.2, 0.25) is 5.91 Å². The van der Waals surface area contributed by atoms with Crippen LogP contribution in [0.5, 0.6) is 0 Å². The second-order valence-corrected chi connectivity index (χ2v) is 3.65. The van der Waals surface area contributed by atoms with Crippen molar-refractivity contribution in [1.82, 2.24) is 5.32 Å². The Labute approximate surface area is 92.5 Å². The standard InChI is InChI=1S/C9H16BrNO3/c1-14-9(13)7-11-8(12)5-3-2-4-6-10/h2-7H2,1H3,(H,11,12). The van der Waals surface area contributed by atoms with Gasteiger partial charge in [0, 0.05) is 11.8 Å². The number of halogens is 1. The van der Waals surface area contributed by atoms with Crippen molar-refractivity contribution in [2.45, 2.75) is 25.7 Å². The van der Waals surface area contributed by atoms with Gasteiger partial charge >= 0.3 is 5.97 Å². The van der Waals surface area contributed by atoms with Crippen molar-refractivity contribution in [3.05, 3.63) is 0 Å². The number of methoxy groups -OCH3 is 1. The summed E-state index contributed by atoms with van der Waals surface area (Å²) in [6, 6.07) is 0. The maximum Gasteiger partial charge on any atom is 0.325 e. The Kier molecular flexibility index (Phi) is 8.62. The van der Waals surface area contributed by atoms with E-state index in [9.17, 15) is 9.59 Å². The minimum absolute atomic E-state index is 0.0340. The van der Waals surface area contributed by atoms with Crippen LogP contribution in [0.25, 0.3) is 0 Å². The fourth-order valence-electron chi connectivity index (χ4n) is 0.888. The number of esters is 1. The highest BCUT2D eigenvalue weighted by Gasteiger charge is 2.04. The van der Waals surface area contributed by atoms with E-state index in [0.29, 0.717) is 6.42 Å². The van der Waals surface area contributed by atoms with E-state index in [1.54, 1.807) is 0 Å². The highest BCUT2D eigenvalue weighted by Crippen LogP contribution is 2.01. The predicted molar refractivity (Wildman–Crippen MR) is 57.3 cm³/mol. The van der Waals surface area contributed by atoms with Crippen LogP contribution < -0.4 is 5.32 Å². The van der Waals surface area contributed by atoms with Crippen molar-refractivity contribution in [2.75, 3.05) is 19.0 Å². The molecule has 0 aromatic carbocycles. The lowest BCUT2D eigenvalue weighted by Crippen LogP contribution is -2.29. The Bertz CT molecular complexity index is 185. The lowest BCUT2D eigenvalue weighted by molar-refractivity contribution is -0.141. The summed E-state index contributed by atoms with van der Waals surface area (Å²) in [6.07, 6.45) is 3.43. The summed E-state index contributed by atoms with van der Waals surface area (Å²) >= 11 is 3.31. The van der Waals surface area contributed by atoms with E-state index in [-0.39, 0.29) is 12.5 Å². The van der Waals surface area contributed by atoms with Gasteiger partial charge in [0.25, 0.3) is 0 Å². The molecule has 0 spiro atoms. The molecule has 0 radical (unpaired) electrons. The Morgan fingerprint density at radius 3 is 2.57 bits per heavy atom. The Hall–Kier alpha value is -0.580. The average Bonchev–Trinajstić information content (AvgIpc) is 2.21. The highest BCUT2D eigenvalue weighted by atomic mass is 79.9. The molecule has 1 amide bonds. The van der Waals surface area contributed by atoms with Gasteiger partial charge in [-0.2, -0.15) is 0 Å². The normalized spacial score (nSPS) is 9.57. The van der Waals surface area contributed by atoms with Gasteiger partial charge in [-0.3, -0.25) is 9.59 Å². The molecular weight excluding hydrogens is 250 g/mol. The van der Waals surface area contributed by atoms with Gasteiger partial charge in [-0.25, -0.2) is 0 Å². The Balaban J connectivity index is 3.32. The number of hydrogen-bond acceptors (Lipinski definition) is 3. The molecule has 0 fully saturated rings. The second kappa shape index (κ2) is 8.99. The molecule has 0 saturated heterocycles. The number of amides is 1. The maximum atomic E-state index is 11.1. The van der Waals surface area contributed by atoms with Crippen molar-refractivity contribution in [3.63, 3.8) is 0 Å². The van der Waals surface area contributed by atoms with E-state index < -0.39 is 5.97 Å². The number of carbonyl (C=O) groups excluding carboxylic acids is 2. The third kappa shape index (κ3) is 8.04. The first-order chi connectivity index (χ1) is 6.70. The highest BCUT2D eigenvalue weighted by molar-refractivity contribution is 9.09. The molecule has 14 heavy (non-hydrogen) atoms. The molecule has 0 rings (SSSR count). The first kappa shape index (κ1) is 13.4. The number of hydrogen-bond donors (Lipinski definition) is 1. The van der Waals surface area contributed by atoms with E-state index >= 15 is 0 Å². The number of carbonyl (C=O) groups is 2. The lowest BCUT2D eigenvalue weighted by Gasteiger charge is -2.02. The summed E-state index contributed by atoms with van der Waals surface area (Å²) in [6.45, 7) is -0.0340. The van der Waals surface area contributed by atoms with Gasteiger partial charge in [-0.15, -0.1) is 0 Å². The van der Waals surface area contributed by atoms with Crippen LogP contribution >= 0.6 is 15.9 Å². The molecule has 0 unspecified atom stereocenters. The Morgan fingerprint density at radius 1 is 1.29 bits per heavy atom. The molecule has 0 atom stereocenters. The van der Waals surface area contributed by atoms with Crippen LogP contribution in [0.1, 0.15) is 25.7 Å². The minimum Gasteiger partial charge on any atom is -0.468 e. The summed E-state index contributed by atoms with van der Waals surface area (Å²) in [5.74, 6) is -0.510. The SMILES string of the molecule is COC(=O)CNC(=O)CCCCCBr. The zero-order valence-electron chi connectivity index (χ0n) is 8.35. The van der Waals surface area contributed by atoms with Crippen LogP contribution in [0.3, 0.4) is 0 Å². The molecule has 0 aromatic rings. The zero-order valence-corrected chi connectivity index (χ0v) is 9.93. The van der Waals surface area contributed by atoms with Gasteiger partial charge in [-0.05, 0) is 12.8 Å². The van der Waals surface area contributed by atoms with Crippen LogP contribution in [-0.2, 0) is 14.3 Å². The summed E-state index contributed by atoms with van der Waals surface area (Å²) in [4.78, 5) is 21.7. The van der Waals surface area contributed by atoms with Gasteiger partial charge in [0.1, 0.15) is 6.54 Å². The first-order valence-electron chi connectivity index (χ1n) is 4.60. The molecule has 1 N–H and O–H groups in total. The third-order valence-electron chi connectivity index (χ3n) is 1.70. The molecule has 4 nitrogen and oxygen atoms in total. The number of nitrogens with one attached hydrogen (secondary N) is 1. The topological polar surface area (TPSA) is 55.4 Å². The number of ether oxygens (including phenoxy) is 1. The van der Waals surface area contributed by atoms with Gasteiger partial charge in [-0.1, -0.05) is 22.4 Å². The number of unbranched alkanes of at least 4 members (excludes halogenated alkanes) is 2. The van der Waals surface area contributed by atoms with Gasteiger partial charge < -0.3 is 10.1 Å². The molecule has 0 aromatic heterocycles. The van der Waals surface area contributed by atoms with Crippen LogP contribution in [0.2, 0.25) is 0 Å². The van der Waals surface area contributed by atoms with E-state index in [0.717, 1.165) is 24.6 Å². The van der Waals surface area contributed by atoms with Crippen molar-refractivity contribution >= 4 is 27.8 Å². The van der Waals surface area contributed by atoms with Crippen LogP contribution in [0.15, 0.2) is 0 Å². The van der Waals surface area contributed by atoms with Crippen molar-refractivity contribution in [3.8, 4) is 0 Å². The third-order valence-corrected chi connectivity index (χ3v) is 2.26. The second-order valence-electron chi connectivity index (χ2n) is 2.85. The minimum atomic E-state index is -0.418. The van der Waals surface area contributed by atoms with Crippen molar-refractivity contribution in [1.29, 1.82) is 0 Å². The molecule has 0 bridgehead atoms. The molecule has 0 aliphatic carbocycles. The fourth-order valence-corrected chi connectivity index (χ4v) is 1.28. The average molecular weight is 266 g/mol. The summed E-state index contributed by atoms with van der Waals surface area (Å²) < 4.78 is 4.38. The molecule has 0 heterocycles. The van der Waals surface area contributed by atoms with Crippen molar-refractivity contribution in [2.24, 2.45) is 0 Å². The van der Waals surface area contributed by atoms with Crippen LogP contribution in [0.4, 0.5) is 0 Å². The molecule has 0 aliphatic rings. The van der Waals surface area contributed by atoms with Gasteiger partial charge in [0.05, 0.1) is 7.11 Å². The fraction of sp³-hybridized carbons (Fsp3) is 0.778. The summed E-state index contributed by atoms with van der Waals surface area (Å²) in [5.41, 5.74) is 0. The van der Waals surface area contributed by atoms with Crippen LogP contribution in [-0.4, -0.2) is 30.9 Å². The number of rotatable bonds is 7. The lowest BCUT2D eigenvalue weighted by atomic mass is 10.2. The summed E-state index contributed by atoms with van der Waals surface area (Å²) in [5, 5.41) is 3.45. The summed E-state index contributed by atoms with van der Waals surface area (Å²) in [7, 11) is 1.30. The first-order valence-corrected chi connectivity index (χ1v) is 5.72. The number of alkyl halides is 1. The quantitative estimate of drug-likeness (QED) is 0.428. The molecule has 0 aliphatic heterocycles. The molecule has 82 valence electrons. The van der Waals surface area contributed by atoms with Crippen LogP contribution in [0, 0.1) is 0 Å². The van der Waals surface area contributed by atoms with E-state index in [1.165, 1.54) is 7.11 Å². The van der Waals surface area contributed by atoms with Gasteiger partial charge in [0.15, 0.2) is 0 Å². The zero-order chi connectivity index (χ0) is 10.8. The maximum absolute atomic E-state index is 11.1. The molecule has 5 heteroatoms. The van der Waals surface area contributed by atoms with E-state index in [1.807, 2.05) is 0 Å². The van der Waals surface area contributed by atoms with Crippen molar-refractivity contribution < 1.29 is 14.3 Å². The molecular formula is C9H16BrNO3. The monoisotopic (exact) mass is 265 g/mol. The van der Waals surface area contributed by atoms with E-state index in [2.05, 4.69) is 26.0 Å². The molecule has 0 saturated carbocycles. The Morgan fingerprint density at radius 2 is 2.00 bits per heavy atom.